The molecule has 0 saturated carbocycles. The van der Waals surface area contributed by atoms with Crippen molar-refractivity contribution in [2.45, 2.75) is 20.0 Å². The van der Waals surface area contributed by atoms with E-state index in [1.54, 1.807) is 17.3 Å². The van der Waals surface area contributed by atoms with Crippen molar-refractivity contribution in [3.05, 3.63) is 102 Å². The van der Waals surface area contributed by atoms with E-state index < -0.39 is 0 Å². The molecule has 2 heterocycles. The molecular weight excluding hydrogens is 350 g/mol. The Morgan fingerprint density at radius 2 is 1.75 bits per heavy atom. The van der Waals surface area contributed by atoms with Gasteiger partial charge in [0, 0.05) is 12.2 Å². The first-order valence-corrected chi connectivity index (χ1v) is 9.15. The number of rotatable bonds is 6. The molecule has 0 unspecified atom stereocenters. The normalized spacial score (nSPS) is 10.8. The molecule has 140 valence electrons. The van der Waals surface area contributed by atoms with Crippen LogP contribution in [0.15, 0.2) is 83.9 Å². The van der Waals surface area contributed by atoms with Gasteiger partial charge >= 0.3 is 0 Å². The van der Waals surface area contributed by atoms with Crippen LogP contribution >= 0.6 is 0 Å². The van der Waals surface area contributed by atoms with Crippen molar-refractivity contribution in [3.8, 4) is 11.1 Å². The van der Waals surface area contributed by atoms with Crippen LogP contribution in [0.3, 0.4) is 0 Å². The number of nitrogens with one attached hydrogen (secondary N) is 1. The number of imidazole rings is 1. The van der Waals surface area contributed by atoms with E-state index in [2.05, 4.69) is 46.4 Å². The number of hydrogen-bond acceptors (Lipinski definition) is 3. The lowest BCUT2D eigenvalue weighted by molar-refractivity contribution is 0.0727. The zero-order chi connectivity index (χ0) is 19.3. The quantitative estimate of drug-likeness (QED) is 0.528. The second kappa shape index (κ2) is 7.96. The first-order chi connectivity index (χ1) is 13.7. The van der Waals surface area contributed by atoms with Gasteiger partial charge in [-0.1, -0.05) is 54.6 Å². The van der Waals surface area contributed by atoms with Gasteiger partial charge in [0.25, 0.3) is 5.91 Å². The average molecular weight is 371 g/mol. The summed E-state index contributed by atoms with van der Waals surface area (Å²) in [5.74, 6) is -0.0803. The Morgan fingerprint density at radius 1 is 1.00 bits per heavy atom. The molecule has 0 saturated heterocycles. The molecule has 0 aliphatic carbocycles. The van der Waals surface area contributed by atoms with Gasteiger partial charge in [0.15, 0.2) is 0 Å². The van der Waals surface area contributed by atoms with Crippen molar-refractivity contribution in [2.75, 3.05) is 0 Å². The van der Waals surface area contributed by atoms with Crippen LogP contribution in [-0.2, 0) is 13.1 Å². The molecule has 4 rings (SSSR count). The molecule has 1 N–H and O–H groups in total. The third kappa shape index (κ3) is 3.88. The Kier molecular flexibility index (Phi) is 5.06. The number of benzene rings is 2. The molecule has 0 spiro atoms. The van der Waals surface area contributed by atoms with Crippen LogP contribution in [-0.4, -0.2) is 20.8 Å². The topological polar surface area (TPSA) is 62.1 Å². The van der Waals surface area contributed by atoms with Gasteiger partial charge in [-0.05, 0) is 29.7 Å². The minimum atomic E-state index is -0.0803. The predicted molar refractivity (Wildman–Crippen MR) is 107 cm³/mol. The molecule has 0 atom stereocenters. The molecule has 2 aromatic heterocycles. The fourth-order valence-electron chi connectivity index (χ4n) is 3.15. The molecule has 2 aromatic carbocycles. The first-order valence-electron chi connectivity index (χ1n) is 9.15. The molecule has 1 amide bonds. The fourth-order valence-corrected chi connectivity index (χ4v) is 3.15. The third-order valence-electron chi connectivity index (χ3n) is 4.76. The Hall–Kier alpha value is -3.60. The summed E-state index contributed by atoms with van der Waals surface area (Å²) in [6.07, 6.45) is 4.64. The number of furan rings is 1. The van der Waals surface area contributed by atoms with E-state index in [0.29, 0.717) is 18.7 Å². The second-order valence-corrected chi connectivity index (χ2v) is 6.71. The van der Waals surface area contributed by atoms with E-state index in [1.807, 2.05) is 25.1 Å². The van der Waals surface area contributed by atoms with Crippen LogP contribution in [0, 0.1) is 6.92 Å². The molecule has 28 heavy (non-hydrogen) atoms. The summed E-state index contributed by atoms with van der Waals surface area (Å²) in [4.78, 5) is 22.2. The lowest BCUT2D eigenvalue weighted by atomic mass is 10.0. The maximum atomic E-state index is 13.0. The maximum absolute atomic E-state index is 13.0. The summed E-state index contributed by atoms with van der Waals surface area (Å²) in [5.41, 5.74) is 5.74. The molecule has 5 nitrogen and oxygen atoms in total. The van der Waals surface area contributed by atoms with Gasteiger partial charge in [0.1, 0.15) is 6.26 Å². The van der Waals surface area contributed by atoms with Crippen LogP contribution in [0.5, 0.6) is 0 Å². The van der Waals surface area contributed by atoms with Gasteiger partial charge in [-0.3, -0.25) is 4.79 Å². The van der Waals surface area contributed by atoms with Crippen LogP contribution in [0.25, 0.3) is 11.1 Å². The summed E-state index contributed by atoms with van der Waals surface area (Å²) in [5, 5.41) is 0. The molecule has 0 aliphatic rings. The SMILES string of the molecule is Cc1[nH]cnc1CN(Cc1ccc(-c2ccccc2)cc1)C(=O)c1ccoc1. The number of aromatic nitrogens is 2. The van der Waals surface area contributed by atoms with Crippen LogP contribution < -0.4 is 0 Å². The first kappa shape index (κ1) is 17.8. The van der Waals surface area contributed by atoms with E-state index in [1.165, 1.54) is 18.1 Å². The van der Waals surface area contributed by atoms with Crippen LogP contribution in [0.1, 0.15) is 27.3 Å². The van der Waals surface area contributed by atoms with E-state index >= 15 is 0 Å². The number of nitrogens with zero attached hydrogens (tertiary/aromatic N) is 2. The van der Waals surface area contributed by atoms with Crippen molar-refractivity contribution >= 4 is 5.91 Å². The van der Waals surface area contributed by atoms with Gasteiger partial charge in [0.05, 0.1) is 30.4 Å². The number of hydrogen-bond donors (Lipinski definition) is 1. The number of aromatic amines is 1. The van der Waals surface area contributed by atoms with Crippen LogP contribution in [0.4, 0.5) is 0 Å². The Balaban J connectivity index is 1.56. The van der Waals surface area contributed by atoms with E-state index in [4.69, 9.17) is 4.42 Å². The number of carbonyl (C=O) groups excluding carboxylic acids is 1. The van der Waals surface area contributed by atoms with Gasteiger partial charge in [-0.15, -0.1) is 0 Å². The molecule has 4 aromatic rings. The van der Waals surface area contributed by atoms with E-state index in [-0.39, 0.29) is 5.91 Å². The largest absolute Gasteiger partial charge is 0.472 e. The second-order valence-electron chi connectivity index (χ2n) is 6.71. The van der Waals surface area contributed by atoms with Crippen LogP contribution in [0.2, 0.25) is 0 Å². The lowest BCUT2D eigenvalue weighted by Gasteiger charge is -2.22. The number of amides is 1. The molecular formula is C23H21N3O2. The van der Waals surface area contributed by atoms with Gasteiger partial charge in [-0.2, -0.15) is 0 Å². The van der Waals surface area contributed by atoms with Crippen molar-refractivity contribution < 1.29 is 9.21 Å². The minimum Gasteiger partial charge on any atom is -0.472 e. The summed E-state index contributed by atoms with van der Waals surface area (Å²) in [7, 11) is 0. The van der Waals surface area contributed by atoms with E-state index in [0.717, 1.165) is 22.5 Å². The summed E-state index contributed by atoms with van der Waals surface area (Å²) >= 11 is 0. The number of carbonyl (C=O) groups is 1. The summed E-state index contributed by atoms with van der Waals surface area (Å²) in [6.45, 7) is 2.88. The monoisotopic (exact) mass is 371 g/mol. The highest BCUT2D eigenvalue weighted by molar-refractivity contribution is 5.93. The number of aryl methyl sites for hydroxylation is 1. The zero-order valence-corrected chi connectivity index (χ0v) is 15.6. The molecule has 0 bridgehead atoms. The predicted octanol–water partition coefficient (Wildman–Crippen LogP) is 4.82. The smallest absolute Gasteiger partial charge is 0.257 e. The Bertz CT molecular complexity index is 1040. The molecule has 0 radical (unpaired) electrons. The van der Waals surface area contributed by atoms with Crippen molar-refractivity contribution in [1.29, 1.82) is 0 Å². The fraction of sp³-hybridized carbons (Fsp3) is 0.130. The maximum Gasteiger partial charge on any atom is 0.257 e. The van der Waals surface area contributed by atoms with Crippen molar-refractivity contribution in [1.82, 2.24) is 14.9 Å². The zero-order valence-electron chi connectivity index (χ0n) is 15.6. The van der Waals surface area contributed by atoms with Crippen molar-refractivity contribution in [3.63, 3.8) is 0 Å². The highest BCUT2D eigenvalue weighted by atomic mass is 16.3. The molecule has 5 heteroatoms. The van der Waals surface area contributed by atoms with Gasteiger partial charge in [-0.25, -0.2) is 4.98 Å². The summed E-state index contributed by atoms with van der Waals surface area (Å²) in [6, 6.07) is 20.2. The molecule has 0 aliphatic heterocycles. The summed E-state index contributed by atoms with van der Waals surface area (Å²) < 4.78 is 5.09. The van der Waals surface area contributed by atoms with E-state index in [9.17, 15) is 4.79 Å². The Labute approximate surface area is 163 Å². The van der Waals surface area contributed by atoms with Crippen molar-refractivity contribution in [2.24, 2.45) is 0 Å². The van der Waals surface area contributed by atoms with Gasteiger partial charge < -0.3 is 14.3 Å². The number of H-pyrrole nitrogens is 1. The Morgan fingerprint density at radius 3 is 2.39 bits per heavy atom. The standard InChI is InChI=1S/C23H21N3O2/c1-17-22(25-16-24-17)14-26(23(27)21-11-12-28-15-21)13-18-7-9-20(10-8-18)19-5-3-2-4-6-19/h2-12,15-16H,13-14H2,1H3,(H,24,25). The highest BCUT2D eigenvalue weighted by Crippen LogP contribution is 2.21. The third-order valence-corrected chi connectivity index (χ3v) is 4.76. The average Bonchev–Trinajstić information content (AvgIpc) is 3.41. The molecule has 0 fully saturated rings. The minimum absolute atomic E-state index is 0.0803. The van der Waals surface area contributed by atoms with Gasteiger partial charge in [0.2, 0.25) is 0 Å². The lowest BCUT2D eigenvalue weighted by Crippen LogP contribution is -2.30. The highest BCUT2D eigenvalue weighted by Gasteiger charge is 2.19.